The molecular formula is C14H10BrF2NO3. The molecule has 0 bridgehead atoms. The molecule has 0 spiro atoms. The number of nitro benzene ring substituents is 1. The molecule has 0 aliphatic carbocycles. The van der Waals surface area contributed by atoms with Gasteiger partial charge in [0.2, 0.25) is 0 Å². The first-order valence-electron chi connectivity index (χ1n) is 5.89. The summed E-state index contributed by atoms with van der Waals surface area (Å²) in [6.45, 7) is 1.47. The number of rotatable bonds is 4. The number of halogens is 3. The predicted molar refractivity (Wildman–Crippen MR) is 76.9 cm³/mol. The highest BCUT2D eigenvalue weighted by atomic mass is 79.9. The lowest BCUT2D eigenvalue weighted by Gasteiger charge is -2.11. The van der Waals surface area contributed by atoms with Crippen molar-refractivity contribution in [2.75, 3.05) is 0 Å². The van der Waals surface area contributed by atoms with Gasteiger partial charge in [-0.25, -0.2) is 8.78 Å². The Kier molecular flexibility index (Phi) is 4.52. The normalized spacial score (nSPS) is 10.5. The van der Waals surface area contributed by atoms with E-state index in [1.165, 1.54) is 31.2 Å². The molecule has 0 fully saturated rings. The molecule has 0 saturated carbocycles. The van der Waals surface area contributed by atoms with Crippen LogP contribution in [0.15, 0.2) is 30.3 Å². The minimum Gasteiger partial charge on any atom is -0.454 e. The van der Waals surface area contributed by atoms with Crippen LogP contribution < -0.4 is 4.74 Å². The van der Waals surface area contributed by atoms with Crippen LogP contribution in [-0.4, -0.2) is 4.92 Å². The van der Waals surface area contributed by atoms with E-state index in [1.54, 1.807) is 0 Å². The molecule has 0 amide bonds. The van der Waals surface area contributed by atoms with Crippen molar-refractivity contribution in [3.63, 3.8) is 0 Å². The number of ether oxygens (including phenoxy) is 1. The van der Waals surface area contributed by atoms with Gasteiger partial charge in [0.25, 0.3) is 5.69 Å². The third-order valence-electron chi connectivity index (χ3n) is 2.88. The van der Waals surface area contributed by atoms with Gasteiger partial charge in [-0.15, -0.1) is 0 Å². The third kappa shape index (κ3) is 3.18. The lowest BCUT2D eigenvalue weighted by atomic mass is 10.2. The topological polar surface area (TPSA) is 52.4 Å². The minimum absolute atomic E-state index is 0.152. The molecule has 7 heteroatoms. The fourth-order valence-electron chi connectivity index (χ4n) is 1.80. The highest BCUT2D eigenvalue weighted by Crippen LogP contribution is 2.33. The number of benzene rings is 2. The van der Waals surface area contributed by atoms with Gasteiger partial charge < -0.3 is 4.74 Å². The van der Waals surface area contributed by atoms with Crippen molar-refractivity contribution >= 4 is 21.6 Å². The highest BCUT2D eigenvalue weighted by molar-refractivity contribution is 9.08. The fourth-order valence-corrected chi connectivity index (χ4v) is 2.35. The Morgan fingerprint density at radius 1 is 1.24 bits per heavy atom. The molecular weight excluding hydrogens is 348 g/mol. The zero-order valence-corrected chi connectivity index (χ0v) is 12.5. The zero-order chi connectivity index (χ0) is 15.6. The first-order chi connectivity index (χ1) is 9.93. The van der Waals surface area contributed by atoms with Crippen LogP contribution in [0, 0.1) is 28.7 Å². The molecule has 0 heterocycles. The minimum atomic E-state index is -0.878. The Balaban J connectivity index is 2.43. The maximum Gasteiger partial charge on any atom is 0.275 e. The first kappa shape index (κ1) is 15.4. The van der Waals surface area contributed by atoms with Crippen molar-refractivity contribution in [3.8, 4) is 11.5 Å². The van der Waals surface area contributed by atoms with Gasteiger partial charge in [-0.2, -0.15) is 0 Å². The number of nitrogens with zero attached hydrogens (tertiary/aromatic N) is 1. The summed E-state index contributed by atoms with van der Waals surface area (Å²) < 4.78 is 32.8. The summed E-state index contributed by atoms with van der Waals surface area (Å²) in [5.74, 6) is -1.40. The summed E-state index contributed by atoms with van der Waals surface area (Å²) in [5, 5.41) is 10.9. The van der Waals surface area contributed by atoms with Gasteiger partial charge in [-0.1, -0.05) is 22.0 Å². The predicted octanol–water partition coefficient (Wildman–Crippen LogP) is 4.87. The summed E-state index contributed by atoms with van der Waals surface area (Å²) in [7, 11) is 0. The van der Waals surface area contributed by atoms with E-state index in [0.29, 0.717) is 0 Å². The second kappa shape index (κ2) is 6.17. The number of alkyl halides is 1. The maximum absolute atomic E-state index is 13.9. The quantitative estimate of drug-likeness (QED) is 0.445. The highest BCUT2D eigenvalue weighted by Gasteiger charge is 2.18. The molecule has 2 aromatic carbocycles. The van der Waals surface area contributed by atoms with Crippen LogP contribution >= 0.6 is 15.9 Å². The van der Waals surface area contributed by atoms with Gasteiger partial charge in [0.15, 0.2) is 11.6 Å². The standard InChI is InChI=1S/C14H10BrF2NO3/c1-8-5-14(11(17)6-12(8)18(19)20)21-13-4-2-3-10(16)9(13)7-15/h2-6H,7H2,1H3. The van der Waals surface area contributed by atoms with Crippen molar-refractivity contribution in [1.82, 2.24) is 0 Å². The van der Waals surface area contributed by atoms with E-state index in [2.05, 4.69) is 15.9 Å². The maximum atomic E-state index is 13.9. The Morgan fingerprint density at radius 3 is 2.57 bits per heavy atom. The summed E-state index contributed by atoms with van der Waals surface area (Å²) in [6, 6.07) is 6.21. The van der Waals surface area contributed by atoms with Crippen LogP contribution in [0.3, 0.4) is 0 Å². The van der Waals surface area contributed by atoms with Crippen LogP contribution in [0.5, 0.6) is 11.5 Å². The molecule has 2 rings (SSSR count). The van der Waals surface area contributed by atoms with Crippen molar-refractivity contribution in [2.24, 2.45) is 0 Å². The molecule has 0 N–H and O–H groups in total. The van der Waals surface area contributed by atoms with Crippen LogP contribution in [0.4, 0.5) is 14.5 Å². The van der Waals surface area contributed by atoms with E-state index >= 15 is 0 Å². The van der Waals surface area contributed by atoms with E-state index in [-0.39, 0.29) is 33.6 Å². The van der Waals surface area contributed by atoms with Gasteiger partial charge in [0, 0.05) is 16.5 Å². The van der Waals surface area contributed by atoms with E-state index in [0.717, 1.165) is 6.07 Å². The number of aryl methyl sites for hydroxylation is 1. The Labute approximate surface area is 127 Å². The molecule has 0 aliphatic rings. The molecule has 0 saturated heterocycles. The van der Waals surface area contributed by atoms with Gasteiger partial charge in [-0.3, -0.25) is 10.1 Å². The molecule has 21 heavy (non-hydrogen) atoms. The van der Waals surface area contributed by atoms with Crippen LogP contribution in [0.2, 0.25) is 0 Å². The summed E-state index contributed by atoms with van der Waals surface area (Å²) in [6.07, 6.45) is 0. The van der Waals surface area contributed by atoms with Crippen molar-refractivity contribution in [3.05, 3.63) is 63.2 Å². The molecule has 2 aromatic rings. The summed E-state index contributed by atoms with van der Waals surface area (Å²) >= 11 is 3.13. The largest absolute Gasteiger partial charge is 0.454 e. The van der Waals surface area contributed by atoms with Gasteiger partial charge in [0.05, 0.1) is 11.0 Å². The third-order valence-corrected chi connectivity index (χ3v) is 3.44. The molecule has 0 aliphatic heterocycles. The Bertz CT molecular complexity index is 707. The monoisotopic (exact) mass is 357 g/mol. The zero-order valence-electron chi connectivity index (χ0n) is 10.9. The second-order valence-electron chi connectivity index (χ2n) is 4.28. The van der Waals surface area contributed by atoms with E-state index in [9.17, 15) is 18.9 Å². The van der Waals surface area contributed by atoms with Gasteiger partial charge >= 0.3 is 0 Å². The number of nitro groups is 1. The van der Waals surface area contributed by atoms with Crippen molar-refractivity contribution in [1.29, 1.82) is 0 Å². The molecule has 110 valence electrons. The molecule has 0 atom stereocenters. The lowest BCUT2D eigenvalue weighted by molar-refractivity contribution is -0.385. The van der Waals surface area contributed by atoms with Crippen LogP contribution in [0.1, 0.15) is 11.1 Å². The SMILES string of the molecule is Cc1cc(Oc2cccc(F)c2CBr)c(F)cc1[N+](=O)[O-]. The van der Waals surface area contributed by atoms with E-state index < -0.39 is 16.6 Å². The van der Waals surface area contributed by atoms with Gasteiger partial charge in [-0.05, 0) is 25.1 Å². The average Bonchev–Trinajstić information content (AvgIpc) is 2.42. The summed E-state index contributed by atoms with van der Waals surface area (Å²) in [4.78, 5) is 10.1. The second-order valence-corrected chi connectivity index (χ2v) is 4.84. The Hall–Kier alpha value is -2.02. The Morgan fingerprint density at radius 2 is 1.95 bits per heavy atom. The lowest BCUT2D eigenvalue weighted by Crippen LogP contribution is -1.98. The smallest absolute Gasteiger partial charge is 0.275 e. The van der Waals surface area contributed by atoms with Crippen LogP contribution in [0.25, 0.3) is 0 Å². The molecule has 0 unspecified atom stereocenters. The number of hydrogen-bond acceptors (Lipinski definition) is 3. The van der Waals surface area contributed by atoms with Crippen molar-refractivity contribution in [2.45, 2.75) is 12.3 Å². The average molecular weight is 358 g/mol. The van der Waals surface area contributed by atoms with Crippen LogP contribution in [-0.2, 0) is 5.33 Å². The first-order valence-corrected chi connectivity index (χ1v) is 7.02. The molecule has 4 nitrogen and oxygen atoms in total. The molecule has 0 aromatic heterocycles. The van der Waals surface area contributed by atoms with Crippen molar-refractivity contribution < 1.29 is 18.4 Å². The van der Waals surface area contributed by atoms with E-state index in [4.69, 9.17) is 4.74 Å². The van der Waals surface area contributed by atoms with Gasteiger partial charge in [0.1, 0.15) is 11.6 Å². The number of hydrogen-bond donors (Lipinski definition) is 0. The fraction of sp³-hybridized carbons (Fsp3) is 0.143. The summed E-state index contributed by atoms with van der Waals surface area (Å²) in [5.41, 5.74) is 0.168. The molecule has 0 radical (unpaired) electrons. The van der Waals surface area contributed by atoms with E-state index in [1.807, 2.05) is 0 Å².